The molecule has 0 bridgehead atoms. The molecule has 0 aliphatic carbocycles. The Labute approximate surface area is 171 Å². The predicted octanol–water partition coefficient (Wildman–Crippen LogP) is 3.33. The summed E-state index contributed by atoms with van der Waals surface area (Å²) in [4.78, 5) is 11.0. The summed E-state index contributed by atoms with van der Waals surface area (Å²) in [5, 5.41) is 0. The van der Waals surface area contributed by atoms with Gasteiger partial charge in [-0.3, -0.25) is 4.31 Å². The number of benzene rings is 1. The number of anilines is 2. The molecular weight excluding hydrogens is 386 g/mol. The van der Waals surface area contributed by atoms with Crippen LogP contribution in [0.25, 0.3) is 0 Å². The molecule has 1 aliphatic heterocycles. The van der Waals surface area contributed by atoms with E-state index in [4.69, 9.17) is 0 Å². The van der Waals surface area contributed by atoms with Crippen LogP contribution in [0.3, 0.4) is 0 Å². The molecule has 1 fully saturated rings. The maximum absolute atomic E-state index is 13.1. The Morgan fingerprint density at radius 2 is 1.86 bits per heavy atom. The van der Waals surface area contributed by atoms with E-state index in [1.165, 1.54) is 10.5 Å². The Morgan fingerprint density at radius 1 is 1.10 bits per heavy atom. The second-order valence-electron chi connectivity index (χ2n) is 7.09. The third-order valence-corrected chi connectivity index (χ3v) is 7.26. The number of piperidine rings is 1. The van der Waals surface area contributed by atoms with Crippen LogP contribution < -0.4 is 9.21 Å². The molecule has 3 heterocycles. The minimum absolute atomic E-state index is 0.209. The Balaban J connectivity index is 1.47. The third kappa shape index (κ3) is 3.98. The van der Waals surface area contributed by atoms with Crippen molar-refractivity contribution in [2.75, 3.05) is 28.8 Å². The summed E-state index contributed by atoms with van der Waals surface area (Å²) in [5.74, 6) is 0.816. The number of rotatable bonds is 6. The zero-order valence-corrected chi connectivity index (χ0v) is 17.2. The molecule has 1 aliphatic rings. The number of nitrogens with zero attached hydrogens (tertiary/aromatic N) is 5. The van der Waals surface area contributed by atoms with Crippen molar-refractivity contribution in [3.05, 3.63) is 67.4 Å². The molecule has 152 valence electrons. The minimum Gasteiger partial charge on any atom is -0.356 e. The van der Waals surface area contributed by atoms with Crippen LogP contribution >= 0.6 is 0 Å². The highest BCUT2D eigenvalue weighted by Gasteiger charge is 2.25. The largest absolute Gasteiger partial charge is 0.356 e. The van der Waals surface area contributed by atoms with Crippen molar-refractivity contribution in [3.63, 3.8) is 0 Å². The molecule has 0 unspecified atom stereocenters. The van der Waals surface area contributed by atoms with Gasteiger partial charge in [0, 0.05) is 44.3 Å². The van der Waals surface area contributed by atoms with Crippen molar-refractivity contribution < 1.29 is 8.42 Å². The summed E-state index contributed by atoms with van der Waals surface area (Å²) in [6.07, 6.45) is 9.17. The number of aromatic nitrogens is 3. The Bertz CT molecular complexity index is 1010. The highest BCUT2D eigenvalue weighted by atomic mass is 32.2. The number of para-hydroxylation sites is 1. The smallest absolute Gasteiger partial charge is 0.265 e. The molecule has 4 rings (SSSR count). The topological polar surface area (TPSA) is 71.3 Å². The maximum Gasteiger partial charge on any atom is 0.265 e. The normalized spacial score (nSPS) is 15.4. The Morgan fingerprint density at radius 3 is 2.45 bits per heavy atom. The summed E-state index contributed by atoms with van der Waals surface area (Å²) in [6.45, 7) is 3.95. The first-order chi connectivity index (χ1) is 14.1. The Hall–Kier alpha value is -2.87. The zero-order valence-electron chi connectivity index (χ0n) is 16.4. The van der Waals surface area contributed by atoms with Crippen LogP contribution in [0.4, 0.5) is 11.5 Å². The van der Waals surface area contributed by atoms with Gasteiger partial charge in [-0.25, -0.2) is 18.4 Å². The quantitative estimate of drug-likeness (QED) is 0.622. The number of pyridine rings is 1. The molecule has 0 saturated carbocycles. The molecule has 3 aromatic rings. The van der Waals surface area contributed by atoms with Gasteiger partial charge in [0.05, 0.1) is 12.0 Å². The van der Waals surface area contributed by atoms with Gasteiger partial charge in [-0.05, 0) is 44.0 Å². The van der Waals surface area contributed by atoms with Gasteiger partial charge in [0.15, 0.2) is 0 Å². The van der Waals surface area contributed by atoms with Gasteiger partial charge in [0.25, 0.3) is 10.0 Å². The first-order valence-electron chi connectivity index (χ1n) is 9.86. The van der Waals surface area contributed by atoms with Crippen molar-refractivity contribution in [3.8, 4) is 0 Å². The summed E-state index contributed by atoms with van der Waals surface area (Å²) in [5.41, 5.74) is 0.653. The first-order valence-corrected chi connectivity index (χ1v) is 11.3. The van der Waals surface area contributed by atoms with Crippen LogP contribution in [0.5, 0.6) is 0 Å². The lowest BCUT2D eigenvalue weighted by molar-refractivity contribution is 0.394. The van der Waals surface area contributed by atoms with Gasteiger partial charge in [0.2, 0.25) is 0 Å². The van der Waals surface area contributed by atoms with E-state index in [-0.39, 0.29) is 4.90 Å². The summed E-state index contributed by atoms with van der Waals surface area (Å²) >= 11 is 0. The van der Waals surface area contributed by atoms with E-state index in [9.17, 15) is 8.42 Å². The average Bonchev–Trinajstić information content (AvgIpc) is 3.30. The van der Waals surface area contributed by atoms with Crippen LogP contribution in [0.15, 0.2) is 72.3 Å². The maximum atomic E-state index is 13.1. The molecule has 0 amide bonds. The predicted molar refractivity (Wildman–Crippen MR) is 114 cm³/mol. The van der Waals surface area contributed by atoms with Crippen molar-refractivity contribution in [2.45, 2.75) is 30.7 Å². The van der Waals surface area contributed by atoms with Crippen LogP contribution in [-0.2, 0) is 10.0 Å². The molecule has 7 nitrogen and oxygen atoms in total. The molecule has 1 aromatic carbocycles. The summed E-state index contributed by atoms with van der Waals surface area (Å²) < 4.78 is 29.7. The second-order valence-corrected chi connectivity index (χ2v) is 8.95. The van der Waals surface area contributed by atoms with Crippen molar-refractivity contribution >= 4 is 21.5 Å². The number of hydrogen-bond donors (Lipinski definition) is 0. The zero-order chi connectivity index (χ0) is 20.3. The minimum atomic E-state index is -3.65. The monoisotopic (exact) mass is 411 g/mol. The van der Waals surface area contributed by atoms with Gasteiger partial charge < -0.3 is 9.47 Å². The summed E-state index contributed by atoms with van der Waals surface area (Å²) in [7, 11) is -3.65. The lowest BCUT2D eigenvalue weighted by atomic mass is 10.1. The van der Waals surface area contributed by atoms with Gasteiger partial charge in [-0.15, -0.1) is 0 Å². The number of sulfonamides is 1. The fourth-order valence-corrected chi connectivity index (χ4v) is 5.22. The third-order valence-electron chi connectivity index (χ3n) is 5.38. The van der Waals surface area contributed by atoms with Crippen molar-refractivity contribution in [1.29, 1.82) is 0 Å². The second kappa shape index (κ2) is 8.24. The van der Waals surface area contributed by atoms with E-state index in [0.717, 1.165) is 31.7 Å². The lowest BCUT2D eigenvalue weighted by Crippen LogP contribution is -2.35. The lowest BCUT2D eigenvalue weighted by Gasteiger charge is -2.33. The molecule has 2 aromatic heterocycles. The van der Waals surface area contributed by atoms with Gasteiger partial charge >= 0.3 is 0 Å². The number of hydrogen-bond acceptors (Lipinski definition) is 5. The Kier molecular flexibility index (Phi) is 5.53. The van der Waals surface area contributed by atoms with Crippen LogP contribution in [0, 0.1) is 0 Å². The highest BCUT2D eigenvalue weighted by molar-refractivity contribution is 7.92. The fraction of sp³-hybridized carbons (Fsp3) is 0.333. The van der Waals surface area contributed by atoms with Crippen LogP contribution in [0.1, 0.15) is 25.8 Å². The molecule has 0 radical (unpaired) electrons. The van der Waals surface area contributed by atoms with Crippen LogP contribution in [-0.4, -0.2) is 42.6 Å². The van der Waals surface area contributed by atoms with Gasteiger partial charge in [-0.1, -0.05) is 18.2 Å². The molecule has 0 N–H and O–H groups in total. The van der Waals surface area contributed by atoms with E-state index < -0.39 is 10.0 Å². The van der Waals surface area contributed by atoms with E-state index in [1.54, 1.807) is 18.2 Å². The molecular formula is C21H25N5O2S. The molecule has 0 atom stereocenters. The summed E-state index contributed by atoms with van der Waals surface area (Å²) in [6, 6.07) is 13.1. The van der Waals surface area contributed by atoms with E-state index in [2.05, 4.69) is 19.4 Å². The van der Waals surface area contributed by atoms with E-state index >= 15 is 0 Å². The van der Waals surface area contributed by atoms with Crippen LogP contribution in [0.2, 0.25) is 0 Å². The molecule has 8 heteroatoms. The molecule has 1 saturated heterocycles. The standard InChI is InChI=1S/C21H25N5O2S/c1-2-26(19-6-4-3-5-7-19)29(27,28)20-8-9-21(23-16-20)24-13-10-18(11-14-24)25-15-12-22-17-25/h3-9,12,15-18H,2,10-11,13-14H2,1H3. The fourth-order valence-electron chi connectivity index (χ4n) is 3.80. The van der Waals surface area contributed by atoms with Crippen molar-refractivity contribution in [2.24, 2.45) is 0 Å². The molecule has 0 spiro atoms. The SMILES string of the molecule is CCN(c1ccccc1)S(=O)(=O)c1ccc(N2CCC(n3ccnc3)CC2)nc1. The van der Waals surface area contributed by atoms with Gasteiger partial charge in [0.1, 0.15) is 10.7 Å². The average molecular weight is 412 g/mol. The van der Waals surface area contributed by atoms with E-state index in [1.807, 2.05) is 49.9 Å². The van der Waals surface area contributed by atoms with Gasteiger partial charge in [-0.2, -0.15) is 0 Å². The molecule has 29 heavy (non-hydrogen) atoms. The van der Waals surface area contributed by atoms with Crippen molar-refractivity contribution in [1.82, 2.24) is 14.5 Å². The van der Waals surface area contributed by atoms with E-state index in [0.29, 0.717) is 18.3 Å². The highest BCUT2D eigenvalue weighted by Crippen LogP contribution is 2.27. The number of imidazole rings is 1. The first kappa shape index (κ1) is 19.4.